The molecular weight excluding hydrogens is 438 g/mol. The van der Waals surface area contributed by atoms with E-state index >= 15 is 0 Å². The number of nitrogens with zero attached hydrogens (tertiary/aromatic N) is 1. The summed E-state index contributed by atoms with van der Waals surface area (Å²) in [6.07, 6.45) is 3.43. The van der Waals surface area contributed by atoms with Crippen LogP contribution in [0.25, 0.3) is 0 Å². The third kappa shape index (κ3) is 6.26. The van der Waals surface area contributed by atoms with Crippen molar-refractivity contribution in [3.8, 4) is 0 Å². The van der Waals surface area contributed by atoms with Crippen molar-refractivity contribution in [3.63, 3.8) is 0 Å². The third-order valence-corrected chi connectivity index (χ3v) is 7.28. The molecule has 7 atom stereocenters. The van der Waals surface area contributed by atoms with E-state index in [1.165, 1.54) is 4.90 Å². The molecule has 2 fully saturated rings. The number of likely N-dealkylation sites (tertiary alicyclic amines) is 1. The topological polar surface area (TPSA) is 113 Å². The van der Waals surface area contributed by atoms with Gasteiger partial charge in [0.05, 0.1) is 12.2 Å². The Morgan fingerprint density at radius 2 is 1.82 bits per heavy atom. The number of Topliss-reactive ketones (excluding diaryl/α,β-unsaturated/α-hetero) is 1. The largest absolute Gasteiger partial charge is 0.456 e. The number of esters is 1. The fourth-order valence-electron chi connectivity index (χ4n) is 4.77. The summed E-state index contributed by atoms with van der Waals surface area (Å²) in [4.78, 5) is 40.7. The molecule has 0 aromatic rings. The summed E-state index contributed by atoms with van der Waals surface area (Å²) >= 11 is 0. The van der Waals surface area contributed by atoms with E-state index in [1.807, 2.05) is 40.7 Å². The quantitative estimate of drug-likeness (QED) is 0.296. The summed E-state index contributed by atoms with van der Waals surface area (Å²) in [5.41, 5.74) is 0.827. The van der Waals surface area contributed by atoms with Gasteiger partial charge in [0.25, 0.3) is 11.7 Å². The van der Waals surface area contributed by atoms with Gasteiger partial charge in [0.2, 0.25) is 5.79 Å². The van der Waals surface area contributed by atoms with Crippen molar-refractivity contribution in [2.24, 2.45) is 17.8 Å². The van der Waals surface area contributed by atoms with Crippen LogP contribution in [0.2, 0.25) is 0 Å². The zero-order chi connectivity index (χ0) is 25.8. The van der Waals surface area contributed by atoms with Gasteiger partial charge in [-0.3, -0.25) is 9.59 Å². The molecule has 0 aromatic carbocycles. The van der Waals surface area contributed by atoms with Gasteiger partial charge < -0.3 is 24.6 Å². The Balaban J connectivity index is 2.17. The zero-order valence-corrected chi connectivity index (χ0v) is 21.7. The molecule has 2 N–H and O–H groups in total. The molecule has 2 saturated heterocycles. The van der Waals surface area contributed by atoms with Gasteiger partial charge in [-0.25, -0.2) is 4.79 Å². The molecule has 2 aliphatic heterocycles. The highest BCUT2D eigenvalue weighted by molar-refractivity contribution is 6.39. The van der Waals surface area contributed by atoms with Crippen molar-refractivity contribution in [2.45, 2.75) is 111 Å². The second-order valence-corrected chi connectivity index (χ2v) is 10.4. The fourth-order valence-corrected chi connectivity index (χ4v) is 4.77. The Bertz CT molecular complexity index is 777. The predicted octanol–water partition coefficient (Wildman–Crippen LogP) is 2.99. The van der Waals surface area contributed by atoms with Gasteiger partial charge >= 0.3 is 5.97 Å². The van der Waals surface area contributed by atoms with Crippen molar-refractivity contribution in [1.82, 2.24) is 4.90 Å². The van der Waals surface area contributed by atoms with Crippen molar-refractivity contribution in [3.05, 3.63) is 11.6 Å². The lowest BCUT2D eigenvalue weighted by molar-refractivity contribution is -0.262. The van der Waals surface area contributed by atoms with Crippen molar-refractivity contribution in [1.29, 1.82) is 0 Å². The van der Waals surface area contributed by atoms with E-state index in [2.05, 4.69) is 0 Å². The molecule has 1 amide bonds. The van der Waals surface area contributed by atoms with Crippen LogP contribution in [-0.4, -0.2) is 69.5 Å². The average molecular weight is 482 g/mol. The summed E-state index contributed by atoms with van der Waals surface area (Å²) in [5, 5.41) is 20.8. The molecule has 2 aliphatic rings. The van der Waals surface area contributed by atoms with Gasteiger partial charge in [-0.15, -0.1) is 0 Å². The average Bonchev–Trinajstić information content (AvgIpc) is 3.27. The van der Waals surface area contributed by atoms with Crippen LogP contribution < -0.4 is 0 Å². The summed E-state index contributed by atoms with van der Waals surface area (Å²) in [6, 6.07) is -0.885. The molecule has 0 aromatic heterocycles. The van der Waals surface area contributed by atoms with E-state index in [9.17, 15) is 24.6 Å². The van der Waals surface area contributed by atoms with Crippen LogP contribution in [0.3, 0.4) is 0 Å². The molecule has 0 radical (unpaired) electrons. The fraction of sp³-hybridized carbons (Fsp3) is 0.808. The minimum atomic E-state index is -2.18. The molecular formula is C26H43NO7. The smallest absolute Gasteiger partial charge is 0.329 e. The Labute approximate surface area is 203 Å². The zero-order valence-electron chi connectivity index (χ0n) is 21.7. The first-order chi connectivity index (χ1) is 15.8. The highest BCUT2D eigenvalue weighted by Crippen LogP contribution is 2.35. The monoisotopic (exact) mass is 481 g/mol. The molecule has 194 valence electrons. The number of carbonyl (C=O) groups excluding carboxylic acids is 3. The van der Waals surface area contributed by atoms with E-state index < -0.39 is 47.6 Å². The maximum absolute atomic E-state index is 13.2. The van der Waals surface area contributed by atoms with Crippen molar-refractivity contribution in [2.75, 3.05) is 6.54 Å². The van der Waals surface area contributed by atoms with E-state index in [0.717, 1.165) is 12.0 Å². The maximum atomic E-state index is 13.2. The van der Waals surface area contributed by atoms with Crippen LogP contribution in [-0.2, 0) is 23.9 Å². The first-order valence-electron chi connectivity index (χ1n) is 12.7. The van der Waals surface area contributed by atoms with Crippen LogP contribution in [0.5, 0.6) is 0 Å². The van der Waals surface area contributed by atoms with Crippen LogP contribution in [0.1, 0.15) is 80.6 Å². The summed E-state index contributed by atoms with van der Waals surface area (Å²) in [5.74, 6) is -5.30. The standard InChI is InChI=1S/C26H43NO7/c1-8-20-12-11-18(6)26(32,34-20)23(29)24(30)27-13-9-10-21(27)25(31)33-22(15(2)3)17(5)14-16(4)19(7)28/h14-16,18-22,28,32H,8-13H2,1-7H3/b17-14+. The molecule has 0 saturated carbocycles. The van der Waals surface area contributed by atoms with Gasteiger partial charge in [0.15, 0.2) is 0 Å². The Kier molecular flexibility index (Phi) is 9.86. The lowest BCUT2D eigenvalue weighted by atomic mass is 9.86. The van der Waals surface area contributed by atoms with E-state index in [4.69, 9.17) is 9.47 Å². The number of ether oxygens (including phenoxy) is 2. The Hall–Kier alpha value is -1.77. The highest BCUT2D eigenvalue weighted by Gasteiger charge is 2.52. The first-order valence-corrected chi connectivity index (χ1v) is 12.7. The van der Waals surface area contributed by atoms with Gasteiger partial charge in [-0.05, 0) is 57.4 Å². The maximum Gasteiger partial charge on any atom is 0.329 e. The van der Waals surface area contributed by atoms with E-state index in [0.29, 0.717) is 25.7 Å². The summed E-state index contributed by atoms with van der Waals surface area (Å²) in [7, 11) is 0. The Morgan fingerprint density at radius 1 is 1.18 bits per heavy atom. The summed E-state index contributed by atoms with van der Waals surface area (Å²) in [6.45, 7) is 13.2. The molecule has 0 aliphatic carbocycles. The number of aliphatic hydroxyl groups excluding tert-OH is 1. The van der Waals surface area contributed by atoms with E-state index in [-0.39, 0.29) is 24.5 Å². The molecule has 2 heterocycles. The number of hydrogen-bond acceptors (Lipinski definition) is 7. The minimum Gasteiger partial charge on any atom is -0.456 e. The van der Waals surface area contributed by atoms with Crippen LogP contribution in [0, 0.1) is 17.8 Å². The van der Waals surface area contributed by atoms with Gasteiger partial charge in [0.1, 0.15) is 12.1 Å². The van der Waals surface area contributed by atoms with Gasteiger partial charge in [0, 0.05) is 18.4 Å². The number of carbonyl (C=O) groups is 3. The molecule has 2 rings (SSSR count). The first kappa shape index (κ1) is 28.5. The van der Waals surface area contributed by atoms with Crippen LogP contribution in [0.4, 0.5) is 0 Å². The van der Waals surface area contributed by atoms with Crippen LogP contribution >= 0.6 is 0 Å². The minimum absolute atomic E-state index is 0.0169. The molecule has 7 unspecified atom stereocenters. The third-order valence-electron chi connectivity index (χ3n) is 7.28. The second kappa shape index (κ2) is 11.8. The van der Waals surface area contributed by atoms with Gasteiger partial charge in [-0.2, -0.15) is 0 Å². The van der Waals surface area contributed by atoms with Crippen molar-refractivity contribution < 1.29 is 34.1 Å². The SMILES string of the molecule is CCC1CCC(C)C(O)(C(=O)C(=O)N2CCCC2C(=O)OC(/C(C)=C/C(C)C(C)O)C(C)C)O1. The predicted molar refractivity (Wildman–Crippen MR) is 128 cm³/mol. The molecule has 0 spiro atoms. The molecule has 34 heavy (non-hydrogen) atoms. The number of ketones is 1. The molecule has 0 bridgehead atoms. The van der Waals surface area contributed by atoms with Crippen LogP contribution in [0.15, 0.2) is 11.6 Å². The van der Waals surface area contributed by atoms with Crippen molar-refractivity contribution >= 4 is 17.7 Å². The lowest BCUT2D eigenvalue weighted by Gasteiger charge is -2.40. The summed E-state index contributed by atoms with van der Waals surface area (Å²) < 4.78 is 11.5. The number of amides is 1. The highest BCUT2D eigenvalue weighted by atomic mass is 16.6. The Morgan fingerprint density at radius 3 is 2.38 bits per heavy atom. The number of aliphatic hydroxyl groups is 2. The lowest BCUT2D eigenvalue weighted by Crippen LogP contribution is -2.59. The number of hydrogen-bond donors (Lipinski definition) is 2. The van der Waals surface area contributed by atoms with Gasteiger partial charge in [-0.1, -0.05) is 40.7 Å². The molecule has 8 nitrogen and oxygen atoms in total. The normalized spacial score (nSPS) is 30.7. The second-order valence-electron chi connectivity index (χ2n) is 10.4. The van der Waals surface area contributed by atoms with E-state index in [1.54, 1.807) is 13.8 Å². The molecule has 8 heteroatoms. The number of rotatable bonds is 9.